The molecule has 2 aromatic rings. The lowest BCUT2D eigenvalue weighted by molar-refractivity contribution is 0.910. The molecule has 4 nitrogen and oxygen atoms in total. The van der Waals surface area contributed by atoms with Gasteiger partial charge >= 0.3 is 0 Å². The summed E-state index contributed by atoms with van der Waals surface area (Å²) in [5, 5.41) is 0. The number of aromatic nitrogens is 4. The van der Waals surface area contributed by atoms with Gasteiger partial charge in [0.25, 0.3) is 0 Å². The zero-order valence-electron chi connectivity index (χ0n) is 7.88. The molecule has 0 unspecified atom stereocenters. The van der Waals surface area contributed by atoms with Gasteiger partial charge < -0.3 is 0 Å². The van der Waals surface area contributed by atoms with Crippen molar-refractivity contribution in [3.63, 3.8) is 0 Å². The standard InChI is InChI=1S/C10H10N4/c1-8-6-11-7-9(14-8)5-10-12-3-2-4-13-10/h2-4,6-7H,5H2,1H3. The lowest BCUT2D eigenvalue weighted by Gasteiger charge is -1.99. The Morgan fingerprint density at radius 1 is 1.14 bits per heavy atom. The van der Waals surface area contributed by atoms with E-state index in [1.54, 1.807) is 30.9 Å². The molecule has 0 aliphatic rings. The number of aryl methyl sites for hydroxylation is 1. The van der Waals surface area contributed by atoms with E-state index in [2.05, 4.69) is 19.9 Å². The molecule has 0 aliphatic heterocycles. The lowest BCUT2D eigenvalue weighted by Crippen LogP contribution is -1.99. The van der Waals surface area contributed by atoms with Crippen molar-refractivity contribution in [3.8, 4) is 0 Å². The molecule has 2 rings (SSSR count). The molecular weight excluding hydrogens is 176 g/mol. The molecule has 4 heteroatoms. The minimum Gasteiger partial charge on any atom is -0.261 e. The van der Waals surface area contributed by atoms with Gasteiger partial charge in [-0.3, -0.25) is 9.97 Å². The molecular formula is C10H10N4. The average molecular weight is 186 g/mol. The third kappa shape index (κ3) is 2.10. The number of hydrogen-bond acceptors (Lipinski definition) is 4. The average Bonchev–Trinajstić information content (AvgIpc) is 2.19. The van der Waals surface area contributed by atoms with Crippen molar-refractivity contribution >= 4 is 0 Å². The van der Waals surface area contributed by atoms with E-state index >= 15 is 0 Å². The first kappa shape index (κ1) is 8.74. The maximum atomic E-state index is 4.33. The van der Waals surface area contributed by atoms with Gasteiger partial charge in [0.05, 0.1) is 17.8 Å². The van der Waals surface area contributed by atoms with E-state index in [-0.39, 0.29) is 0 Å². The normalized spacial score (nSPS) is 10.1. The summed E-state index contributed by atoms with van der Waals surface area (Å²) in [6.07, 6.45) is 7.56. The first-order valence-corrected chi connectivity index (χ1v) is 4.38. The smallest absolute Gasteiger partial charge is 0.134 e. The van der Waals surface area contributed by atoms with Crippen molar-refractivity contribution in [1.82, 2.24) is 19.9 Å². The highest BCUT2D eigenvalue weighted by atomic mass is 14.9. The summed E-state index contributed by atoms with van der Waals surface area (Å²) >= 11 is 0. The summed E-state index contributed by atoms with van der Waals surface area (Å²) in [6.45, 7) is 1.92. The Kier molecular flexibility index (Phi) is 2.44. The molecule has 0 bridgehead atoms. The van der Waals surface area contributed by atoms with Crippen LogP contribution in [0.5, 0.6) is 0 Å². The molecule has 0 atom stereocenters. The summed E-state index contributed by atoms with van der Waals surface area (Å²) < 4.78 is 0. The van der Waals surface area contributed by atoms with Crippen LogP contribution in [0.15, 0.2) is 30.9 Å². The highest BCUT2D eigenvalue weighted by Gasteiger charge is 1.99. The van der Waals surface area contributed by atoms with Crippen LogP contribution < -0.4 is 0 Å². The van der Waals surface area contributed by atoms with E-state index in [9.17, 15) is 0 Å². The minimum atomic E-state index is 0.634. The van der Waals surface area contributed by atoms with Crippen molar-refractivity contribution in [2.75, 3.05) is 0 Å². The Morgan fingerprint density at radius 3 is 2.64 bits per heavy atom. The summed E-state index contributed by atoms with van der Waals surface area (Å²) in [5.41, 5.74) is 1.81. The molecule has 2 aromatic heterocycles. The van der Waals surface area contributed by atoms with Gasteiger partial charge in [-0.1, -0.05) is 0 Å². The maximum Gasteiger partial charge on any atom is 0.134 e. The minimum absolute atomic E-state index is 0.634. The van der Waals surface area contributed by atoms with Crippen LogP contribution in [0.25, 0.3) is 0 Å². The van der Waals surface area contributed by atoms with Crippen LogP contribution >= 0.6 is 0 Å². The Labute approximate surface area is 82.1 Å². The summed E-state index contributed by atoms with van der Waals surface area (Å²) in [4.78, 5) is 16.6. The molecule has 0 saturated heterocycles. The molecule has 0 radical (unpaired) electrons. The molecule has 0 aliphatic carbocycles. The number of rotatable bonds is 2. The van der Waals surface area contributed by atoms with Crippen LogP contribution in [0.4, 0.5) is 0 Å². The summed E-state index contributed by atoms with van der Waals surface area (Å²) in [6, 6.07) is 1.80. The molecule has 0 amide bonds. The summed E-state index contributed by atoms with van der Waals surface area (Å²) in [7, 11) is 0. The number of nitrogens with zero attached hydrogens (tertiary/aromatic N) is 4. The second-order valence-electron chi connectivity index (χ2n) is 2.99. The van der Waals surface area contributed by atoms with Crippen LogP contribution in [-0.4, -0.2) is 19.9 Å². The molecule has 0 spiro atoms. The van der Waals surface area contributed by atoms with Crippen LogP contribution in [-0.2, 0) is 6.42 Å². The molecule has 2 heterocycles. The van der Waals surface area contributed by atoms with E-state index in [0.29, 0.717) is 6.42 Å². The van der Waals surface area contributed by atoms with Crippen LogP contribution in [0.2, 0.25) is 0 Å². The van der Waals surface area contributed by atoms with E-state index < -0.39 is 0 Å². The van der Waals surface area contributed by atoms with Crippen molar-refractivity contribution < 1.29 is 0 Å². The predicted octanol–water partition coefficient (Wildman–Crippen LogP) is 1.17. The van der Waals surface area contributed by atoms with Gasteiger partial charge in [0.2, 0.25) is 0 Å². The monoisotopic (exact) mass is 186 g/mol. The maximum absolute atomic E-state index is 4.33. The highest BCUT2D eigenvalue weighted by molar-refractivity contribution is 5.07. The molecule has 14 heavy (non-hydrogen) atoms. The van der Waals surface area contributed by atoms with Crippen molar-refractivity contribution in [2.45, 2.75) is 13.3 Å². The van der Waals surface area contributed by atoms with Gasteiger partial charge in [-0.15, -0.1) is 0 Å². The Morgan fingerprint density at radius 2 is 1.93 bits per heavy atom. The van der Waals surface area contributed by atoms with Gasteiger partial charge in [-0.2, -0.15) is 0 Å². The highest BCUT2D eigenvalue weighted by Crippen LogP contribution is 2.00. The van der Waals surface area contributed by atoms with Crippen molar-refractivity contribution in [3.05, 3.63) is 48.1 Å². The molecule has 0 fully saturated rings. The Hall–Kier alpha value is -1.84. The van der Waals surface area contributed by atoms with Gasteiger partial charge in [0.15, 0.2) is 0 Å². The zero-order chi connectivity index (χ0) is 9.80. The molecule has 0 saturated carbocycles. The van der Waals surface area contributed by atoms with E-state index in [4.69, 9.17) is 0 Å². The van der Waals surface area contributed by atoms with Gasteiger partial charge in [-0.25, -0.2) is 9.97 Å². The number of hydrogen-bond donors (Lipinski definition) is 0. The fourth-order valence-electron chi connectivity index (χ4n) is 1.18. The lowest BCUT2D eigenvalue weighted by atomic mass is 10.3. The van der Waals surface area contributed by atoms with Crippen LogP contribution in [0.1, 0.15) is 17.2 Å². The fraction of sp³-hybridized carbons (Fsp3) is 0.200. The van der Waals surface area contributed by atoms with Crippen LogP contribution in [0, 0.1) is 6.92 Å². The van der Waals surface area contributed by atoms with E-state index in [0.717, 1.165) is 17.2 Å². The predicted molar refractivity (Wildman–Crippen MR) is 51.6 cm³/mol. The fourth-order valence-corrected chi connectivity index (χ4v) is 1.18. The summed E-state index contributed by atoms with van der Waals surface area (Å²) in [5.74, 6) is 0.771. The molecule has 0 aromatic carbocycles. The van der Waals surface area contributed by atoms with E-state index in [1.807, 2.05) is 6.92 Å². The third-order valence-corrected chi connectivity index (χ3v) is 1.76. The van der Waals surface area contributed by atoms with E-state index in [1.165, 1.54) is 0 Å². The largest absolute Gasteiger partial charge is 0.261 e. The Balaban J connectivity index is 2.19. The quantitative estimate of drug-likeness (QED) is 0.706. The van der Waals surface area contributed by atoms with Gasteiger partial charge in [0.1, 0.15) is 5.82 Å². The molecule has 70 valence electrons. The first-order valence-electron chi connectivity index (χ1n) is 4.38. The van der Waals surface area contributed by atoms with Crippen LogP contribution in [0.3, 0.4) is 0 Å². The topological polar surface area (TPSA) is 51.6 Å². The van der Waals surface area contributed by atoms with Crippen molar-refractivity contribution in [2.24, 2.45) is 0 Å². The van der Waals surface area contributed by atoms with Gasteiger partial charge in [0, 0.05) is 24.8 Å². The van der Waals surface area contributed by atoms with Gasteiger partial charge in [-0.05, 0) is 13.0 Å². The second kappa shape index (κ2) is 3.91. The van der Waals surface area contributed by atoms with Crippen molar-refractivity contribution in [1.29, 1.82) is 0 Å². The zero-order valence-corrected chi connectivity index (χ0v) is 7.88. The Bertz CT molecular complexity index is 413. The molecule has 0 N–H and O–H groups in total. The first-order chi connectivity index (χ1) is 6.84. The second-order valence-corrected chi connectivity index (χ2v) is 2.99. The SMILES string of the molecule is Cc1cncc(Cc2ncccn2)n1. The third-order valence-electron chi connectivity index (χ3n) is 1.76.